The van der Waals surface area contributed by atoms with Crippen LogP contribution in [-0.2, 0) is 10.0 Å². The molecular weight excluding hydrogens is 272 g/mol. The average molecular weight is 290 g/mol. The normalized spacial score (nSPS) is 11.3. The third kappa shape index (κ3) is 2.93. The highest BCUT2D eigenvalue weighted by Gasteiger charge is 2.16. The van der Waals surface area contributed by atoms with Crippen LogP contribution >= 0.6 is 0 Å². The first-order chi connectivity index (χ1) is 9.29. The van der Waals surface area contributed by atoms with E-state index in [2.05, 4.69) is 4.72 Å². The van der Waals surface area contributed by atoms with E-state index in [0.29, 0.717) is 11.4 Å². The fourth-order valence-corrected chi connectivity index (χ4v) is 3.08. The summed E-state index contributed by atoms with van der Waals surface area (Å²) in [7, 11) is -3.62. The Labute approximate surface area is 119 Å². The van der Waals surface area contributed by atoms with Gasteiger partial charge in [-0.05, 0) is 50.1 Å². The summed E-state index contributed by atoms with van der Waals surface area (Å²) < 4.78 is 27.3. The van der Waals surface area contributed by atoms with Crippen LogP contribution in [0.2, 0.25) is 0 Å². The summed E-state index contributed by atoms with van der Waals surface area (Å²) in [4.78, 5) is 0.167. The van der Waals surface area contributed by atoms with Crippen molar-refractivity contribution in [1.29, 1.82) is 0 Å². The van der Waals surface area contributed by atoms with E-state index < -0.39 is 10.0 Å². The van der Waals surface area contributed by atoms with Crippen molar-refractivity contribution in [3.8, 4) is 0 Å². The third-order valence-electron chi connectivity index (χ3n) is 3.19. The van der Waals surface area contributed by atoms with Gasteiger partial charge in [0.15, 0.2) is 0 Å². The zero-order valence-electron chi connectivity index (χ0n) is 11.8. The molecule has 0 radical (unpaired) electrons. The van der Waals surface area contributed by atoms with Gasteiger partial charge in [0.25, 0.3) is 10.0 Å². The minimum Gasteiger partial charge on any atom is -0.398 e. The highest BCUT2D eigenvalue weighted by Crippen LogP contribution is 2.22. The van der Waals surface area contributed by atoms with E-state index in [4.69, 9.17) is 5.73 Å². The molecule has 2 aromatic rings. The number of rotatable bonds is 3. The maximum Gasteiger partial charge on any atom is 0.261 e. The summed E-state index contributed by atoms with van der Waals surface area (Å²) in [5, 5.41) is 0. The first-order valence-corrected chi connectivity index (χ1v) is 7.74. The molecule has 2 rings (SSSR count). The smallest absolute Gasteiger partial charge is 0.261 e. The minimum absolute atomic E-state index is 0.167. The Bertz CT molecular complexity index is 752. The van der Waals surface area contributed by atoms with Crippen LogP contribution in [0.1, 0.15) is 16.7 Å². The molecular formula is C15H18N2O2S. The second kappa shape index (κ2) is 5.17. The third-order valence-corrected chi connectivity index (χ3v) is 4.55. The van der Waals surface area contributed by atoms with Crippen molar-refractivity contribution in [2.75, 3.05) is 10.5 Å². The van der Waals surface area contributed by atoms with Gasteiger partial charge < -0.3 is 5.73 Å². The zero-order chi connectivity index (χ0) is 14.9. The van der Waals surface area contributed by atoms with Crippen LogP contribution in [-0.4, -0.2) is 8.42 Å². The standard InChI is InChI=1S/C15H18N2O2S/c1-10-4-7-15(12(3)8-10)17-20(18,19)13-6-5-11(2)14(16)9-13/h4-9,17H,16H2,1-3H3. The summed E-state index contributed by atoms with van der Waals surface area (Å²) in [5.41, 5.74) is 9.64. The van der Waals surface area contributed by atoms with Crippen LogP contribution in [0.15, 0.2) is 41.3 Å². The summed E-state index contributed by atoms with van der Waals surface area (Å²) in [5.74, 6) is 0. The molecule has 0 amide bonds. The fraction of sp³-hybridized carbons (Fsp3) is 0.200. The molecule has 20 heavy (non-hydrogen) atoms. The molecule has 0 unspecified atom stereocenters. The van der Waals surface area contributed by atoms with E-state index in [-0.39, 0.29) is 4.90 Å². The molecule has 0 bridgehead atoms. The van der Waals surface area contributed by atoms with Crippen molar-refractivity contribution in [3.63, 3.8) is 0 Å². The maximum absolute atomic E-state index is 12.3. The summed E-state index contributed by atoms with van der Waals surface area (Å²) in [6, 6.07) is 10.3. The Morgan fingerprint density at radius 3 is 2.25 bits per heavy atom. The molecule has 0 aliphatic heterocycles. The van der Waals surface area contributed by atoms with Crippen LogP contribution < -0.4 is 10.5 Å². The van der Waals surface area contributed by atoms with E-state index in [0.717, 1.165) is 16.7 Å². The van der Waals surface area contributed by atoms with Gasteiger partial charge in [-0.15, -0.1) is 0 Å². The topological polar surface area (TPSA) is 72.2 Å². The Morgan fingerprint density at radius 1 is 0.950 bits per heavy atom. The number of hydrogen-bond acceptors (Lipinski definition) is 3. The highest BCUT2D eigenvalue weighted by molar-refractivity contribution is 7.92. The molecule has 0 aliphatic rings. The molecule has 0 saturated carbocycles. The Morgan fingerprint density at radius 2 is 1.65 bits per heavy atom. The van der Waals surface area contributed by atoms with E-state index in [1.165, 1.54) is 6.07 Å². The van der Waals surface area contributed by atoms with Gasteiger partial charge in [0, 0.05) is 5.69 Å². The van der Waals surface area contributed by atoms with Crippen molar-refractivity contribution < 1.29 is 8.42 Å². The van der Waals surface area contributed by atoms with Crippen LogP contribution in [0.3, 0.4) is 0 Å². The molecule has 0 aliphatic carbocycles. The highest BCUT2D eigenvalue weighted by atomic mass is 32.2. The van der Waals surface area contributed by atoms with Crippen LogP contribution in [0.4, 0.5) is 11.4 Å². The first-order valence-electron chi connectivity index (χ1n) is 6.26. The van der Waals surface area contributed by atoms with Gasteiger partial charge in [0.1, 0.15) is 0 Å². The largest absolute Gasteiger partial charge is 0.398 e. The maximum atomic E-state index is 12.3. The van der Waals surface area contributed by atoms with E-state index in [1.807, 2.05) is 32.9 Å². The molecule has 2 aromatic carbocycles. The second-order valence-electron chi connectivity index (χ2n) is 4.94. The molecule has 0 spiro atoms. The quantitative estimate of drug-likeness (QED) is 0.854. The number of nitrogens with two attached hydrogens (primary N) is 1. The lowest BCUT2D eigenvalue weighted by Gasteiger charge is -2.12. The second-order valence-corrected chi connectivity index (χ2v) is 6.62. The summed E-state index contributed by atoms with van der Waals surface area (Å²) >= 11 is 0. The van der Waals surface area contributed by atoms with Crippen LogP contribution in [0.5, 0.6) is 0 Å². The van der Waals surface area contributed by atoms with Crippen LogP contribution in [0.25, 0.3) is 0 Å². The molecule has 106 valence electrons. The number of anilines is 2. The molecule has 4 nitrogen and oxygen atoms in total. The summed E-state index contributed by atoms with van der Waals surface area (Å²) in [6.45, 7) is 5.67. The number of benzene rings is 2. The van der Waals surface area contributed by atoms with Gasteiger partial charge in [0.2, 0.25) is 0 Å². The number of nitrogen functional groups attached to an aromatic ring is 1. The Hall–Kier alpha value is -2.01. The molecule has 0 heterocycles. The van der Waals surface area contributed by atoms with Crippen molar-refractivity contribution in [2.24, 2.45) is 0 Å². The van der Waals surface area contributed by atoms with Gasteiger partial charge in [-0.1, -0.05) is 23.8 Å². The molecule has 0 saturated heterocycles. The number of aryl methyl sites for hydroxylation is 3. The molecule has 5 heteroatoms. The lowest BCUT2D eigenvalue weighted by atomic mass is 10.1. The molecule has 0 fully saturated rings. The molecule has 3 N–H and O–H groups in total. The Kier molecular flexibility index (Phi) is 3.72. The van der Waals surface area contributed by atoms with E-state index in [9.17, 15) is 8.42 Å². The van der Waals surface area contributed by atoms with Crippen LogP contribution in [0, 0.1) is 20.8 Å². The van der Waals surface area contributed by atoms with Gasteiger partial charge in [-0.2, -0.15) is 0 Å². The Balaban J connectivity index is 2.38. The van der Waals surface area contributed by atoms with Crippen molar-refractivity contribution in [3.05, 3.63) is 53.1 Å². The predicted octanol–water partition coefficient (Wildman–Crippen LogP) is 2.99. The van der Waals surface area contributed by atoms with E-state index >= 15 is 0 Å². The predicted molar refractivity (Wildman–Crippen MR) is 82.3 cm³/mol. The fourth-order valence-electron chi connectivity index (χ4n) is 1.92. The first kappa shape index (κ1) is 14.4. The SMILES string of the molecule is Cc1ccc(NS(=O)(=O)c2ccc(C)c(N)c2)c(C)c1. The lowest BCUT2D eigenvalue weighted by Crippen LogP contribution is -2.14. The number of hydrogen-bond donors (Lipinski definition) is 2. The zero-order valence-corrected chi connectivity index (χ0v) is 12.6. The van der Waals surface area contributed by atoms with Gasteiger partial charge in [-0.25, -0.2) is 8.42 Å². The lowest BCUT2D eigenvalue weighted by molar-refractivity contribution is 0.601. The summed E-state index contributed by atoms with van der Waals surface area (Å²) in [6.07, 6.45) is 0. The molecule has 0 atom stereocenters. The van der Waals surface area contributed by atoms with Gasteiger partial charge >= 0.3 is 0 Å². The van der Waals surface area contributed by atoms with Crippen molar-refractivity contribution >= 4 is 21.4 Å². The van der Waals surface area contributed by atoms with Gasteiger partial charge in [-0.3, -0.25) is 4.72 Å². The average Bonchev–Trinajstić information content (AvgIpc) is 2.36. The minimum atomic E-state index is -3.62. The number of sulfonamides is 1. The van der Waals surface area contributed by atoms with Crippen molar-refractivity contribution in [2.45, 2.75) is 25.7 Å². The molecule has 0 aromatic heterocycles. The number of nitrogens with one attached hydrogen (secondary N) is 1. The van der Waals surface area contributed by atoms with Crippen molar-refractivity contribution in [1.82, 2.24) is 0 Å². The monoisotopic (exact) mass is 290 g/mol. The van der Waals surface area contributed by atoms with E-state index in [1.54, 1.807) is 18.2 Å². The van der Waals surface area contributed by atoms with Gasteiger partial charge in [0.05, 0.1) is 10.6 Å².